The minimum Gasteiger partial charge on any atom is -0.354 e. The summed E-state index contributed by atoms with van der Waals surface area (Å²) in [5.41, 5.74) is 0.588. The van der Waals surface area contributed by atoms with Crippen molar-refractivity contribution in [2.75, 3.05) is 5.32 Å². The van der Waals surface area contributed by atoms with Gasteiger partial charge in [-0.25, -0.2) is 4.39 Å². The van der Waals surface area contributed by atoms with Gasteiger partial charge in [0.05, 0.1) is 16.8 Å². The van der Waals surface area contributed by atoms with Crippen molar-refractivity contribution in [3.8, 4) is 6.07 Å². The third-order valence-electron chi connectivity index (χ3n) is 3.77. The highest BCUT2D eigenvalue weighted by Crippen LogP contribution is 2.44. The fourth-order valence-corrected chi connectivity index (χ4v) is 2.45. The summed E-state index contributed by atoms with van der Waals surface area (Å²) in [6, 6.07) is 8.89. The molecule has 0 aliphatic heterocycles. The van der Waals surface area contributed by atoms with E-state index >= 15 is 0 Å². The zero-order chi connectivity index (χ0) is 16.6. The van der Waals surface area contributed by atoms with Crippen molar-refractivity contribution < 1.29 is 17.6 Å². The van der Waals surface area contributed by atoms with E-state index in [1.54, 1.807) is 0 Å². The lowest BCUT2D eigenvalue weighted by Gasteiger charge is -2.15. The molecule has 0 amide bonds. The third-order valence-corrected chi connectivity index (χ3v) is 3.77. The summed E-state index contributed by atoms with van der Waals surface area (Å²) in [6.07, 6.45) is -2.65. The molecule has 0 unspecified atom stereocenters. The van der Waals surface area contributed by atoms with Crippen LogP contribution in [-0.2, 0) is 6.18 Å². The fourth-order valence-electron chi connectivity index (χ4n) is 2.45. The van der Waals surface area contributed by atoms with E-state index in [2.05, 4.69) is 5.32 Å². The Morgan fingerprint density at radius 1 is 1.04 bits per heavy atom. The van der Waals surface area contributed by atoms with Crippen LogP contribution in [0, 0.1) is 17.1 Å². The van der Waals surface area contributed by atoms with Gasteiger partial charge >= 0.3 is 6.18 Å². The van der Waals surface area contributed by atoms with E-state index in [4.69, 9.17) is 5.26 Å². The third kappa shape index (κ3) is 3.29. The van der Waals surface area contributed by atoms with Gasteiger partial charge in [-0.05, 0) is 60.7 Å². The molecule has 0 saturated heterocycles. The first-order valence-electron chi connectivity index (χ1n) is 7.06. The summed E-state index contributed by atoms with van der Waals surface area (Å²) in [7, 11) is 0. The second-order valence-electron chi connectivity index (χ2n) is 5.50. The molecule has 2 nitrogen and oxygen atoms in total. The molecule has 0 radical (unpaired) electrons. The van der Waals surface area contributed by atoms with E-state index in [0.717, 1.165) is 36.6 Å². The quantitative estimate of drug-likeness (QED) is 0.775. The maximum Gasteiger partial charge on any atom is 0.416 e. The van der Waals surface area contributed by atoms with Crippen LogP contribution >= 0.6 is 0 Å². The smallest absolute Gasteiger partial charge is 0.354 e. The summed E-state index contributed by atoms with van der Waals surface area (Å²) < 4.78 is 52.0. The lowest BCUT2D eigenvalue weighted by Crippen LogP contribution is -2.06. The lowest BCUT2D eigenvalue weighted by atomic mass is 10.1. The highest BCUT2D eigenvalue weighted by atomic mass is 19.4. The Balaban J connectivity index is 2.01. The van der Waals surface area contributed by atoms with Gasteiger partial charge < -0.3 is 5.32 Å². The van der Waals surface area contributed by atoms with Gasteiger partial charge in [-0.2, -0.15) is 18.4 Å². The first-order chi connectivity index (χ1) is 10.9. The molecule has 1 saturated carbocycles. The van der Waals surface area contributed by atoms with Crippen molar-refractivity contribution in [3.05, 3.63) is 58.9 Å². The van der Waals surface area contributed by atoms with E-state index in [9.17, 15) is 17.6 Å². The van der Waals surface area contributed by atoms with Crippen LogP contribution in [0.15, 0.2) is 36.4 Å². The summed E-state index contributed by atoms with van der Waals surface area (Å²) in [4.78, 5) is 0. The van der Waals surface area contributed by atoms with Crippen LogP contribution < -0.4 is 5.32 Å². The Hall–Kier alpha value is -2.55. The molecule has 0 bridgehead atoms. The molecule has 1 N–H and O–H groups in total. The Morgan fingerprint density at radius 2 is 1.78 bits per heavy atom. The number of hydrogen-bond donors (Lipinski definition) is 1. The molecule has 1 fully saturated rings. The molecular weight excluding hydrogens is 308 g/mol. The Labute approximate surface area is 130 Å². The van der Waals surface area contributed by atoms with Gasteiger partial charge in [0.2, 0.25) is 0 Å². The molecule has 3 rings (SSSR count). The van der Waals surface area contributed by atoms with Crippen molar-refractivity contribution in [1.82, 2.24) is 0 Å². The number of anilines is 2. The van der Waals surface area contributed by atoms with Gasteiger partial charge in [-0.3, -0.25) is 0 Å². The van der Waals surface area contributed by atoms with Gasteiger partial charge in [0, 0.05) is 5.69 Å². The molecular formula is C17H12F4N2. The summed E-state index contributed by atoms with van der Waals surface area (Å²) >= 11 is 0. The zero-order valence-electron chi connectivity index (χ0n) is 11.9. The number of alkyl halides is 3. The van der Waals surface area contributed by atoms with E-state index in [1.165, 1.54) is 18.2 Å². The minimum absolute atomic E-state index is 0.0656. The standard InChI is InChI=1S/C17H12F4N2/c18-13-5-6-15(14(8-13)10-1-2-10)23-16-7-12(17(19,20)21)4-3-11(16)9-22/h3-8,10,23H,1-2H2. The topological polar surface area (TPSA) is 35.8 Å². The van der Waals surface area contributed by atoms with E-state index in [0.29, 0.717) is 5.69 Å². The minimum atomic E-state index is -4.49. The molecule has 1 aliphatic rings. The molecule has 0 atom stereocenters. The highest BCUT2D eigenvalue weighted by Gasteiger charge is 2.31. The summed E-state index contributed by atoms with van der Waals surface area (Å²) in [5, 5.41) is 12.0. The van der Waals surface area contributed by atoms with Gasteiger partial charge in [-0.1, -0.05) is 0 Å². The van der Waals surface area contributed by atoms with Gasteiger partial charge in [-0.15, -0.1) is 0 Å². The van der Waals surface area contributed by atoms with E-state index < -0.39 is 11.7 Å². The Kier molecular flexibility index (Phi) is 3.72. The van der Waals surface area contributed by atoms with Crippen LogP contribution in [0.2, 0.25) is 0 Å². The van der Waals surface area contributed by atoms with E-state index in [1.807, 2.05) is 6.07 Å². The normalized spacial score (nSPS) is 14.4. The average molecular weight is 320 g/mol. The monoisotopic (exact) mass is 320 g/mol. The van der Waals surface area contributed by atoms with Crippen molar-refractivity contribution in [1.29, 1.82) is 5.26 Å². The summed E-state index contributed by atoms with van der Waals surface area (Å²) in [6.45, 7) is 0. The maximum absolute atomic E-state index is 13.4. The van der Waals surface area contributed by atoms with Gasteiger partial charge in [0.1, 0.15) is 11.9 Å². The molecule has 0 aromatic heterocycles. The number of halogens is 4. The highest BCUT2D eigenvalue weighted by molar-refractivity contribution is 5.70. The second kappa shape index (κ2) is 5.58. The molecule has 23 heavy (non-hydrogen) atoms. The number of nitrogens with one attached hydrogen (secondary N) is 1. The number of rotatable bonds is 3. The first kappa shape index (κ1) is 15.3. The molecule has 2 aromatic carbocycles. The van der Waals surface area contributed by atoms with E-state index in [-0.39, 0.29) is 23.0 Å². The second-order valence-corrected chi connectivity index (χ2v) is 5.50. The van der Waals surface area contributed by atoms with Crippen molar-refractivity contribution in [2.24, 2.45) is 0 Å². The van der Waals surface area contributed by atoms with Crippen molar-refractivity contribution in [3.63, 3.8) is 0 Å². The van der Waals surface area contributed by atoms with Crippen LogP contribution in [0.3, 0.4) is 0 Å². The Morgan fingerprint density at radius 3 is 2.39 bits per heavy atom. The van der Waals surface area contributed by atoms with Gasteiger partial charge in [0.15, 0.2) is 0 Å². The number of benzene rings is 2. The lowest BCUT2D eigenvalue weighted by molar-refractivity contribution is -0.137. The molecule has 0 spiro atoms. The van der Waals surface area contributed by atoms with Crippen LogP contribution in [0.5, 0.6) is 0 Å². The first-order valence-corrected chi connectivity index (χ1v) is 7.06. The maximum atomic E-state index is 13.4. The van der Waals surface area contributed by atoms with Crippen LogP contribution in [0.4, 0.5) is 28.9 Å². The summed E-state index contributed by atoms with van der Waals surface area (Å²) in [5.74, 6) is -0.175. The predicted molar refractivity (Wildman–Crippen MR) is 77.8 cm³/mol. The molecule has 6 heteroatoms. The van der Waals surface area contributed by atoms with Gasteiger partial charge in [0.25, 0.3) is 0 Å². The van der Waals surface area contributed by atoms with Crippen LogP contribution in [0.1, 0.15) is 35.4 Å². The van der Waals surface area contributed by atoms with Crippen molar-refractivity contribution >= 4 is 11.4 Å². The zero-order valence-corrected chi connectivity index (χ0v) is 11.9. The van der Waals surface area contributed by atoms with Crippen molar-refractivity contribution in [2.45, 2.75) is 24.9 Å². The fraction of sp³-hybridized carbons (Fsp3) is 0.235. The average Bonchev–Trinajstić information content (AvgIpc) is 3.32. The number of nitriles is 1. The Bertz CT molecular complexity index is 786. The van der Waals surface area contributed by atoms with Crippen LogP contribution in [0.25, 0.3) is 0 Å². The van der Waals surface area contributed by atoms with Crippen LogP contribution in [-0.4, -0.2) is 0 Å². The molecule has 0 heterocycles. The predicted octanol–water partition coefficient (Wildman–Crippen LogP) is 5.34. The largest absolute Gasteiger partial charge is 0.416 e. The number of nitrogens with zero attached hydrogens (tertiary/aromatic N) is 1. The SMILES string of the molecule is N#Cc1ccc(C(F)(F)F)cc1Nc1ccc(F)cc1C1CC1. The molecule has 2 aromatic rings. The number of hydrogen-bond acceptors (Lipinski definition) is 2. The molecule has 118 valence electrons. The molecule has 1 aliphatic carbocycles.